The zero-order chi connectivity index (χ0) is 15.8. The topological polar surface area (TPSA) is 62.5 Å². The molecular formula is C15H19N7S. The quantitative estimate of drug-likeness (QED) is 0.727. The third kappa shape index (κ3) is 2.91. The predicted octanol–water partition coefficient (Wildman–Crippen LogP) is 1.60. The first-order valence-corrected chi connectivity index (χ1v) is 8.58. The minimum atomic E-state index is 0.416. The van der Waals surface area contributed by atoms with Crippen LogP contribution in [0, 0.1) is 6.92 Å². The van der Waals surface area contributed by atoms with Crippen molar-refractivity contribution in [2.75, 3.05) is 24.5 Å². The molecule has 0 saturated carbocycles. The lowest BCUT2D eigenvalue weighted by molar-refractivity contribution is 0.221. The van der Waals surface area contributed by atoms with E-state index in [4.69, 9.17) is 0 Å². The number of hydrogen-bond acceptors (Lipinski definition) is 7. The van der Waals surface area contributed by atoms with Crippen LogP contribution in [0.2, 0.25) is 0 Å². The standard InChI is InChI=1S/C15H19N7S/c1-11-8-20(9-13-7-16-12(2)23-13)5-6-21(11)15-4-3-14-18-17-10-22(14)19-15/h3-4,7,10-11H,5-6,8-9H2,1-2H3/t11-/m1/s1. The Balaban J connectivity index is 1.46. The van der Waals surface area contributed by atoms with Crippen molar-refractivity contribution in [3.05, 3.63) is 34.5 Å². The first-order valence-electron chi connectivity index (χ1n) is 7.76. The number of aryl methyl sites for hydroxylation is 1. The molecule has 0 aromatic carbocycles. The fraction of sp³-hybridized carbons (Fsp3) is 0.467. The molecule has 0 spiro atoms. The monoisotopic (exact) mass is 329 g/mol. The van der Waals surface area contributed by atoms with Crippen molar-refractivity contribution in [2.45, 2.75) is 26.4 Å². The van der Waals surface area contributed by atoms with Crippen molar-refractivity contribution in [3.63, 3.8) is 0 Å². The Morgan fingerprint density at radius 3 is 3.00 bits per heavy atom. The molecule has 8 heteroatoms. The van der Waals surface area contributed by atoms with Crippen molar-refractivity contribution in [2.24, 2.45) is 0 Å². The zero-order valence-corrected chi connectivity index (χ0v) is 14.1. The van der Waals surface area contributed by atoms with Crippen LogP contribution in [-0.2, 0) is 6.54 Å². The molecule has 0 radical (unpaired) electrons. The van der Waals surface area contributed by atoms with Crippen LogP contribution in [0.15, 0.2) is 24.7 Å². The van der Waals surface area contributed by atoms with Crippen LogP contribution in [0.1, 0.15) is 16.8 Å². The maximum absolute atomic E-state index is 4.61. The number of hydrogen-bond donors (Lipinski definition) is 0. The first-order chi connectivity index (χ1) is 11.2. The number of aromatic nitrogens is 5. The molecule has 0 bridgehead atoms. The molecule has 4 heterocycles. The van der Waals surface area contributed by atoms with E-state index in [1.807, 2.05) is 18.3 Å². The molecule has 0 N–H and O–H groups in total. The van der Waals surface area contributed by atoms with Crippen molar-refractivity contribution < 1.29 is 0 Å². The summed E-state index contributed by atoms with van der Waals surface area (Å²) in [6, 6.07) is 4.41. The van der Waals surface area contributed by atoms with Crippen LogP contribution < -0.4 is 4.90 Å². The molecule has 23 heavy (non-hydrogen) atoms. The molecule has 1 saturated heterocycles. The van der Waals surface area contributed by atoms with E-state index >= 15 is 0 Å². The van der Waals surface area contributed by atoms with Gasteiger partial charge in [-0.1, -0.05) is 0 Å². The predicted molar refractivity (Wildman–Crippen MR) is 89.7 cm³/mol. The summed E-state index contributed by atoms with van der Waals surface area (Å²) >= 11 is 1.79. The zero-order valence-electron chi connectivity index (χ0n) is 13.3. The van der Waals surface area contributed by atoms with Gasteiger partial charge in [0.05, 0.1) is 5.01 Å². The van der Waals surface area contributed by atoms with Crippen LogP contribution in [0.4, 0.5) is 5.82 Å². The van der Waals surface area contributed by atoms with E-state index in [2.05, 4.69) is 43.9 Å². The van der Waals surface area contributed by atoms with Gasteiger partial charge in [0.1, 0.15) is 12.1 Å². The normalized spacial score (nSPS) is 19.6. The van der Waals surface area contributed by atoms with E-state index in [-0.39, 0.29) is 0 Å². The van der Waals surface area contributed by atoms with Crippen molar-refractivity contribution in [1.29, 1.82) is 0 Å². The molecule has 1 fully saturated rings. The molecule has 3 aromatic heterocycles. The van der Waals surface area contributed by atoms with Crippen molar-refractivity contribution >= 4 is 22.8 Å². The van der Waals surface area contributed by atoms with Gasteiger partial charge in [0, 0.05) is 43.3 Å². The Morgan fingerprint density at radius 2 is 2.22 bits per heavy atom. The lowest BCUT2D eigenvalue weighted by Crippen LogP contribution is -2.51. The van der Waals surface area contributed by atoms with E-state index < -0.39 is 0 Å². The maximum atomic E-state index is 4.61. The fourth-order valence-electron chi connectivity index (χ4n) is 3.09. The lowest BCUT2D eigenvalue weighted by Gasteiger charge is -2.40. The molecule has 1 atom stereocenters. The van der Waals surface area contributed by atoms with Gasteiger partial charge in [0.15, 0.2) is 5.65 Å². The Hall–Kier alpha value is -2.06. The van der Waals surface area contributed by atoms with Gasteiger partial charge >= 0.3 is 0 Å². The number of rotatable bonds is 3. The van der Waals surface area contributed by atoms with Gasteiger partial charge in [-0.15, -0.1) is 26.6 Å². The second-order valence-corrected chi connectivity index (χ2v) is 7.27. The van der Waals surface area contributed by atoms with Gasteiger partial charge in [-0.3, -0.25) is 4.90 Å². The first kappa shape index (κ1) is 14.5. The average molecular weight is 329 g/mol. The van der Waals surface area contributed by atoms with Crippen LogP contribution in [0.25, 0.3) is 5.65 Å². The molecule has 120 valence electrons. The van der Waals surface area contributed by atoms with Gasteiger partial charge in [-0.25, -0.2) is 4.98 Å². The van der Waals surface area contributed by atoms with Crippen LogP contribution >= 0.6 is 11.3 Å². The number of nitrogens with zero attached hydrogens (tertiary/aromatic N) is 7. The Kier molecular flexibility index (Phi) is 3.70. The maximum Gasteiger partial charge on any atom is 0.177 e. The third-order valence-corrected chi connectivity index (χ3v) is 5.10. The van der Waals surface area contributed by atoms with Gasteiger partial charge < -0.3 is 4.90 Å². The summed E-state index contributed by atoms with van der Waals surface area (Å²) in [7, 11) is 0. The lowest BCUT2D eigenvalue weighted by atomic mass is 10.2. The van der Waals surface area contributed by atoms with E-state index in [9.17, 15) is 0 Å². The summed E-state index contributed by atoms with van der Waals surface area (Å²) in [6.07, 6.45) is 3.64. The number of fused-ring (bicyclic) bond motifs is 1. The molecule has 1 aliphatic heterocycles. The summed E-state index contributed by atoms with van der Waals surface area (Å²) in [5.41, 5.74) is 0.778. The Bertz CT molecular complexity index is 811. The second kappa shape index (κ2) is 5.86. The van der Waals surface area contributed by atoms with Crippen LogP contribution in [-0.4, -0.2) is 55.4 Å². The highest BCUT2D eigenvalue weighted by atomic mass is 32.1. The summed E-state index contributed by atoms with van der Waals surface area (Å²) < 4.78 is 1.73. The van der Waals surface area contributed by atoms with E-state index in [1.54, 1.807) is 22.2 Å². The highest BCUT2D eigenvalue weighted by Crippen LogP contribution is 2.21. The van der Waals surface area contributed by atoms with Gasteiger partial charge in [0.2, 0.25) is 0 Å². The molecule has 1 aliphatic rings. The van der Waals surface area contributed by atoms with Crippen molar-refractivity contribution in [1.82, 2.24) is 29.7 Å². The molecule has 0 amide bonds. The SMILES string of the molecule is Cc1ncc(CN2CCN(c3ccc4nncn4n3)[C@H](C)C2)s1. The van der Waals surface area contributed by atoms with Crippen molar-refractivity contribution in [3.8, 4) is 0 Å². The molecule has 4 rings (SSSR count). The Labute approximate surface area is 138 Å². The number of anilines is 1. The van der Waals surface area contributed by atoms with Crippen LogP contribution in [0.3, 0.4) is 0 Å². The second-order valence-electron chi connectivity index (χ2n) is 5.95. The molecule has 0 aliphatic carbocycles. The molecule has 0 unspecified atom stereocenters. The summed E-state index contributed by atoms with van der Waals surface area (Å²) in [5, 5.41) is 13.6. The summed E-state index contributed by atoms with van der Waals surface area (Å²) in [4.78, 5) is 10.5. The molecule has 7 nitrogen and oxygen atoms in total. The van der Waals surface area contributed by atoms with Crippen LogP contribution in [0.5, 0.6) is 0 Å². The fourth-order valence-corrected chi connectivity index (χ4v) is 3.92. The van der Waals surface area contributed by atoms with E-state index in [0.29, 0.717) is 6.04 Å². The minimum absolute atomic E-state index is 0.416. The van der Waals surface area contributed by atoms with E-state index in [0.717, 1.165) is 42.7 Å². The van der Waals surface area contributed by atoms with E-state index in [1.165, 1.54) is 4.88 Å². The minimum Gasteiger partial charge on any atom is -0.350 e. The average Bonchev–Trinajstić information content (AvgIpc) is 3.15. The largest absolute Gasteiger partial charge is 0.350 e. The number of thiazole rings is 1. The van der Waals surface area contributed by atoms with Gasteiger partial charge in [0.25, 0.3) is 0 Å². The molecular weight excluding hydrogens is 310 g/mol. The van der Waals surface area contributed by atoms with Gasteiger partial charge in [-0.2, -0.15) is 4.52 Å². The molecule has 3 aromatic rings. The summed E-state index contributed by atoms with van der Waals surface area (Å²) in [5.74, 6) is 0.984. The third-order valence-electron chi connectivity index (χ3n) is 4.20. The highest BCUT2D eigenvalue weighted by molar-refractivity contribution is 7.11. The Morgan fingerprint density at radius 1 is 1.30 bits per heavy atom. The number of piperazine rings is 1. The van der Waals surface area contributed by atoms with Gasteiger partial charge in [-0.05, 0) is 26.0 Å². The highest BCUT2D eigenvalue weighted by Gasteiger charge is 2.25. The smallest absolute Gasteiger partial charge is 0.177 e. The summed E-state index contributed by atoms with van der Waals surface area (Å²) in [6.45, 7) is 8.33.